The first-order chi connectivity index (χ1) is 9.90. The van der Waals surface area contributed by atoms with Crippen molar-refractivity contribution in [2.24, 2.45) is 9.98 Å². The highest BCUT2D eigenvalue weighted by Crippen LogP contribution is 2.23. The van der Waals surface area contributed by atoms with Crippen molar-refractivity contribution in [3.8, 4) is 5.75 Å². The van der Waals surface area contributed by atoms with Gasteiger partial charge in [-0.3, -0.25) is 10.3 Å². The second kappa shape index (κ2) is 6.26. The Kier molecular flexibility index (Phi) is 4.62. The molecule has 0 aromatic heterocycles. The van der Waals surface area contributed by atoms with Gasteiger partial charge in [0.1, 0.15) is 12.1 Å². The summed E-state index contributed by atoms with van der Waals surface area (Å²) in [5.41, 5.74) is 1.05. The standard InChI is InChI=1S/C14H16F3N3O/c1-9(20-14(17)7-18-8-19-10(14)2)11-3-5-12(6-4-11)21-13(15)16/h3-6,8-9,13,20H,7H2,1-2H3. The van der Waals surface area contributed by atoms with Crippen molar-refractivity contribution in [1.82, 2.24) is 5.32 Å². The highest BCUT2D eigenvalue weighted by atomic mass is 19.3. The van der Waals surface area contributed by atoms with Crippen LogP contribution in [0.3, 0.4) is 0 Å². The van der Waals surface area contributed by atoms with Crippen molar-refractivity contribution in [2.75, 3.05) is 6.54 Å². The SMILES string of the molecule is CC1=NC=NCC1(F)NC(C)c1ccc(OC(F)F)cc1. The van der Waals surface area contributed by atoms with Gasteiger partial charge in [-0.05, 0) is 31.5 Å². The Morgan fingerprint density at radius 3 is 2.52 bits per heavy atom. The van der Waals surface area contributed by atoms with E-state index in [1.165, 1.54) is 18.5 Å². The fraction of sp³-hybridized carbons (Fsp3) is 0.429. The maximum Gasteiger partial charge on any atom is 0.387 e. The average Bonchev–Trinajstić information content (AvgIpc) is 2.42. The number of aliphatic imine (C=N–C) groups is 2. The third-order valence-corrected chi connectivity index (χ3v) is 3.27. The molecule has 1 heterocycles. The molecule has 0 aliphatic carbocycles. The highest BCUT2D eigenvalue weighted by molar-refractivity contribution is 5.96. The minimum Gasteiger partial charge on any atom is -0.435 e. The summed E-state index contributed by atoms with van der Waals surface area (Å²) in [6.07, 6.45) is 1.33. The minimum absolute atomic E-state index is 0.0424. The van der Waals surface area contributed by atoms with E-state index in [0.29, 0.717) is 5.71 Å². The second-order valence-corrected chi connectivity index (χ2v) is 4.79. The Morgan fingerprint density at radius 1 is 1.29 bits per heavy atom. The lowest BCUT2D eigenvalue weighted by Crippen LogP contribution is -2.51. The number of nitrogens with zero attached hydrogens (tertiary/aromatic N) is 2. The first-order valence-electron chi connectivity index (χ1n) is 6.45. The monoisotopic (exact) mass is 299 g/mol. The van der Waals surface area contributed by atoms with Crippen LogP contribution in [0.1, 0.15) is 25.5 Å². The maximum atomic E-state index is 14.7. The van der Waals surface area contributed by atoms with E-state index in [1.807, 2.05) is 0 Å². The van der Waals surface area contributed by atoms with Gasteiger partial charge in [-0.2, -0.15) is 8.78 Å². The zero-order valence-corrected chi connectivity index (χ0v) is 11.7. The summed E-state index contributed by atoms with van der Waals surface area (Å²) in [4.78, 5) is 7.68. The third kappa shape index (κ3) is 3.81. The molecule has 0 fully saturated rings. The van der Waals surface area contributed by atoms with Gasteiger partial charge in [0.05, 0.1) is 12.3 Å². The number of nitrogens with one attached hydrogen (secondary N) is 1. The lowest BCUT2D eigenvalue weighted by molar-refractivity contribution is -0.0498. The number of benzene rings is 1. The van der Waals surface area contributed by atoms with E-state index in [1.54, 1.807) is 26.0 Å². The topological polar surface area (TPSA) is 46.0 Å². The van der Waals surface area contributed by atoms with E-state index < -0.39 is 12.4 Å². The van der Waals surface area contributed by atoms with Crippen molar-refractivity contribution in [2.45, 2.75) is 32.3 Å². The average molecular weight is 299 g/mol. The molecule has 0 radical (unpaired) electrons. The van der Waals surface area contributed by atoms with Gasteiger partial charge in [0.25, 0.3) is 0 Å². The molecule has 0 bridgehead atoms. The molecular formula is C14H16F3N3O. The van der Waals surface area contributed by atoms with Gasteiger partial charge in [-0.25, -0.2) is 9.38 Å². The largest absolute Gasteiger partial charge is 0.435 e. The van der Waals surface area contributed by atoms with Crippen molar-refractivity contribution in [1.29, 1.82) is 0 Å². The molecule has 1 aliphatic rings. The molecule has 2 unspecified atom stereocenters. The summed E-state index contributed by atoms with van der Waals surface area (Å²) in [5, 5.41) is 2.82. The molecule has 4 nitrogen and oxygen atoms in total. The van der Waals surface area contributed by atoms with E-state index in [-0.39, 0.29) is 18.3 Å². The van der Waals surface area contributed by atoms with Crippen LogP contribution in [0.2, 0.25) is 0 Å². The van der Waals surface area contributed by atoms with E-state index in [0.717, 1.165) is 5.56 Å². The molecule has 2 atom stereocenters. The van der Waals surface area contributed by atoms with E-state index in [9.17, 15) is 13.2 Å². The summed E-state index contributed by atoms with van der Waals surface area (Å²) in [6.45, 7) is 0.457. The third-order valence-electron chi connectivity index (χ3n) is 3.27. The van der Waals surface area contributed by atoms with Crippen LogP contribution < -0.4 is 10.1 Å². The van der Waals surface area contributed by atoms with Crippen molar-refractivity contribution in [3.05, 3.63) is 29.8 Å². The Hall–Kier alpha value is -1.89. The normalized spacial score (nSPS) is 23.0. The number of rotatable bonds is 5. The van der Waals surface area contributed by atoms with Crippen LogP contribution in [0.4, 0.5) is 13.2 Å². The molecule has 1 aromatic carbocycles. The van der Waals surface area contributed by atoms with Gasteiger partial charge < -0.3 is 4.74 Å². The second-order valence-electron chi connectivity index (χ2n) is 4.79. The quantitative estimate of drug-likeness (QED) is 0.849. The van der Waals surface area contributed by atoms with E-state index in [4.69, 9.17) is 0 Å². The molecule has 1 N–H and O–H groups in total. The van der Waals surface area contributed by atoms with Gasteiger partial charge in [0.2, 0.25) is 5.79 Å². The predicted octanol–water partition coefficient (Wildman–Crippen LogP) is 3.11. The maximum absolute atomic E-state index is 14.7. The van der Waals surface area contributed by atoms with Gasteiger partial charge in [0, 0.05) is 6.04 Å². The number of hydrogen-bond donors (Lipinski definition) is 1. The number of alkyl halides is 3. The number of ether oxygens (including phenoxy) is 1. The zero-order chi connectivity index (χ0) is 15.5. The Balaban J connectivity index is 2.05. The van der Waals surface area contributed by atoms with Crippen LogP contribution in [0, 0.1) is 0 Å². The smallest absolute Gasteiger partial charge is 0.387 e. The molecule has 0 saturated heterocycles. The number of halogens is 3. The summed E-state index contributed by atoms with van der Waals surface area (Å²) in [7, 11) is 0. The first kappa shape index (κ1) is 15.5. The predicted molar refractivity (Wildman–Crippen MR) is 74.9 cm³/mol. The summed E-state index contributed by atoms with van der Waals surface area (Å²) in [5.74, 6) is -1.73. The molecule has 1 aliphatic heterocycles. The van der Waals surface area contributed by atoms with Crippen LogP contribution in [0.15, 0.2) is 34.3 Å². The lowest BCUT2D eigenvalue weighted by atomic mass is 10.0. The molecule has 21 heavy (non-hydrogen) atoms. The molecule has 0 saturated carbocycles. The zero-order valence-electron chi connectivity index (χ0n) is 11.7. The lowest BCUT2D eigenvalue weighted by Gasteiger charge is -2.30. The van der Waals surface area contributed by atoms with Gasteiger partial charge in [-0.1, -0.05) is 12.1 Å². The summed E-state index contributed by atoms with van der Waals surface area (Å²) >= 11 is 0. The van der Waals surface area contributed by atoms with Crippen LogP contribution in [-0.4, -0.2) is 31.0 Å². The number of hydrogen-bond acceptors (Lipinski definition) is 4. The molecule has 1 aromatic rings. The van der Waals surface area contributed by atoms with E-state index >= 15 is 0 Å². The Bertz CT molecular complexity index is 545. The van der Waals surface area contributed by atoms with Crippen molar-refractivity contribution < 1.29 is 17.9 Å². The van der Waals surface area contributed by atoms with Crippen molar-refractivity contribution >= 4 is 12.1 Å². The molecular weight excluding hydrogens is 283 g/mol. The van der Waals surface area contributed by atoms with Gasteiger partial charge >= 0.3 is 6.61 Å². The van der Waals surface area contributed by atoms with Crippen LogP contribution in [0.25, 0.3) is 0 Å². The minimum atomic E-state index is -2.86. The summed E-state index contributed by atoms with van der Waals surface area (Å²) < 4.78 is 43.1. The fourth-order valence-corrected chi connectivity index (χ4v) is 2.03. The molecule has 7 heteroatoms. The van der Waals surface area contributed by atoms with Crippen molar-refractivity contribution in [3.63, 3.8) is 0 Å². The molecule has 2 rings (SSSR count). The summed E-state index contributed by atoms with van der Waals surface area (Å²) in [6, 6.07) is 5.72. The Morgan fingerprint density at radius 2 is 1.95 bits per heavy atom. The van der Waals surface area contributed by atoms with Crippen LogP contribution in [0.5, 0.6) is 5.75 Å². The van der Waals surface area contributed by atoms with Crippen LogP contribution >= 0.6 is 0 Å². The highest BCUT2D eigenvalue weighted by Gasteiger charge is 2.35. The van der Waals surface area contributed by atoms with Crippen LogP contribution in [-0.2, 0) is 0 Å². The molecule has 0 spiro atoms. The van der Waals surface area contributed by atoms with E-state index in [2.05, 4.69) is 20.0 Å². The molecule has 114 valence electrons. The van der Waals surface area contributed by atoms with Gasteiger partial charge in [-0.15, -0.1) is 0 Å². The molecule has 0 amide bonds. The fourth-order valence-electron chi connectivity index (χ4n) is 2.03. The first-order valence-corrected chi connectivity index (χ1v) is 6.45. The Labute approximate surface area is 120 Å². The van der Waals surface area contributed by atoms with Gasteiger partial charge in [0.15, 0.2) is 0 Å².